The highest BCUT2D eigenvalue weighted by atomic mass is 32.1. The predicted octanol–water partition coefficient (Wildman–Crippen LogP) is 3.71. The molecule has 1 unspecified atom stereocenters. The highest BCUT2D eigenvalue weighted by Gasteiger charge is 2.10. The van der Waals surface area contributed by atoms with Crippen LogP contribution in [0.3, 0.4) is 0 Å². The van der Waals surface area contributed by atoms with E-state index in [9.17, 15) is 0 Å². The first-order valence-electron chi connectivity index (χ1n) is 6.48. The average Bonchev–Trinajstić information content (AvgIpc) is 3.04. The lowest BCUT2D eigenvalue weighted by atomic mass is 10.3. The lowest BCUT2D eigenvalue weighted by Crippen LogP contribution is -2.17. The summed E-state index contributed by atoms with van der Waals surface area (Å²) in [6, 6.07) is 4.35. The molecule has 0 radical (unpaired) electrons. The largest absolute Gasteiger partial charge is 0.465 e. The van der Waals surface area contributed by atoms with E-state index in [-0.39, 0.29) is 6.04 Å². The van der Waals surface area contributed by atoms with Crippen molar-refractivity contribution in [2.24, 2.45) is 0 Å². The topological polar surface area (TPSA) is 38.1 Å². The van der Waals surface area contributed by atoms with Crippen molar-refractivity contribution in [3.05, 3.63) is 39.7 Å². The standard InChI is InChI=1S/C14H20N2OS/c1-4-11-6-7-12(17-11)8-15-10(3)14-16-9-13(5-2)18-14/h6-7,9-10,15H,4-5,8H2,1-3H3. The molecule has 2 rings (SSSR count). The van der Waals surface area contributed by atoms with Crippen LogP contribution >= 0.6 is 11.3 Å². The first-order valence-corrected chi connectivity index (χ1v) is 7.30. The van der Waals surface area contributed by atoms with Crippen LogP contribution in [0.5, 0.6) is 0 Å². The van der Waals surface area contributed by atoms with E-state index < -0.39 is 0 Å². The lowest BCUT2D eigenvalue weighted by Gasteiger charge is -2.09. The fraction of sp³-hybridized carbons (Fsp3) is 0.500. The van der Waals surface area contributed by atoms with Crippen LogP contribution in [-0.4, -0.2) is 4.98 Å². The second kappa shape index (κ2) is 6.16. The van der Waals surface area contributed by atoms with Gasteiger partial charge in [0.05, 0.1) is 12.6 Å². The minimum absolute atomic E-state index is 0.269. The molecule has 18 heavy (non-hydrogen) atoms. The van der Waals surface area contributed by atoms with Gasteiger partial charge in [-0.1, -0.05) is 13.8 Å². The summed E-state index contributed by atoms with van der Waals surface area (Å²) in [7, 11) is 0. The molecular weight excluding hydrogens is 244 g/mol. The number of hydrogen-bond donors (Lipinski definition) is 1. The third-order valence-electron chi connectivity index (χ3n) is 2.94. The van der Waals surface area contributed by atoms with Crippen molar-refractivity contribution in [3.63, 3.8) is 0 Å². The molecule has 4 heteroatoms. The summed E-state index contributed by atoms with van der Waals surface area (Å²) < 4.78 is 5.67. The SMILES string of the molecule is CCc1ccc(CNC(C)c2ncc(CC)s2)o1. The smallest absolute Gasteiger partial charge is 0.117 e. The quantitative estimate of drug-likeness (QED) is 0.864. The van der Waals surface area contributed by atoms with Gasteiger partial charge in [-0.3, -0.25) is 0 Å². The molecule has 98 valence electrons. The summed E-state index contributed by atoms with van der Waals surface area (Å²) >= 11 is 1.78. The minimum atomic E-state index is 0.269. The van der Waals surface area contributed by atoms with E-state index in [0.29, 0.717) is 0 Å². The molecule has 0 fully saturated rings. The van der Waals surface area contributed by atoms with Crippen LogP contribution in [0, 0.1) is 0 Å². The fourth-order valence-electron chi connectivity index (χ4n) is 1.73. The van der Waals surface area contributed by atoms with Gasteiger partial charge in [0, 0.05) is 17.5 Å². The van der Waals surface area contributed by atoms with E-state index in [1.54, 1.807) is 11.3 Å². The Morgan fingerprint density at radius 1 is 1.28 bits per heavy atom. The molecule has 0 amide bonds. The Hall–Kier alpha value is -1.13. The van der Waals surface area contributed by atoms with Crippen molar-refractivity contribution in [2.75, 3.05) is 0 Å². The van der Waals surface area contributed by atoms with Crippen LogP contribution in [0.2, 0.25) is 0 Å². The predicted molar refractivity (Wildman–Crippen MR) is 74.8 cm³/mol. The van der Waals surface area contributed by atoms with Crippen LogP contribution in [0.4, 0.5) is 0 Å². The summed E-state index contributed by atoms with van der Waals surface area (Å²) in [5, 5.41) is 4.59. The maximum atomic E-state index is 5.67. The number of aromatic nitrogens is 1. The second-order valence-corrected chi connectivity index (χ2v) is 5.49. The Morgan fingerprint density at radius 3 is 2.67 bits per heavy atom. The van der Waals surface area contributed by atoms with E-state index in [1.165, 1.54) is 4.88 Å². The second-order valence-electron chi connectivity index (χ2n) is 4.34. The summed E-state index contributed by atoms with van der Waals surface area (Å²) in [6.07, 6.45) is 3.98. The van der Waals surface area contributed by atoms with Gasteiger partial charge in [-0.2, -0.15) is 0 Å². The fourth-order valence-corrected chi connectivity index (χ4v) is 2.62. The molecular formula is C14H20N2OS. The van der Waals surface area contributed by atoms with Crippen LogP contribution in [0.1, 0.15) is 48.2 Å². The number of nitrogens with zero attached hydrogens (tertiary/aromatic N) is 1. The molecule has 0 spiro atoms. The van der Waals surface area contributed by atoms with Gasteiger partial charge in [0.1, 0.15) is 16.5 Å². The Labute approximate surface area is 112 Å². The van der Waals surface area contributed by atoms with Crippen molar-refractivity contribution in [1.29, 1.82) is 0 Å². The number of aryl methyl sites for hydroxylation is 2. The van der Waals surface area contributed by atoms with Gasteiger partial charge >= 0.3 is 0 Å². The molecule has 0 saturated heterocycles. The van der Waals surface area contributed by atoms with Gasteiger partial charge in [-0.25, -0.2) is 4.98 Å². The number of hydrogen-bond acceptors (Lipinski definition) is 4. The van der Waals surface area contributed by atoms with Gasteiger partial charge in [-0.05, 0) is 25.5 Å². The van der Waals surface area contributed by atoms with Gasteiger partial charge in [0.25, 0.3) is 0 Å². The van der Waals surface area contributed by atoms with Gasteiger partial charge in [0.2, 0.25) is 0 Å². The molecule has 1 N–H and O–H groups in total. The van der Waals surface area contributed by atoms with Crippen molar-refractivity contribution in [1.82, 2.24) is 10.3 Å². The summed E-state index contributed by atoms with van der Waals surface area (Å²) in [4.78, 5) is 5.78. The van der Waals surface area contributed by atoms with Crippen LogP contribution in [-0.2, 0) is 19.4 Å². The van der Waals surface area contributed by atoms with E-state index in [1.807, 2.05) is 18.3 Å². The van der Waals surface area contributed by atoms with Crippen LogP contribution < -0.4 is 5.32 Å². The zero-order chi connectivity index (χ0) is 13.0. The van der Waals surface area contributed by atoms with Crippen LogP contribution in [0.15, 0.2) is 22.7 Å². The molecule has 0 aliphatic carbocycles. The maximum absolute atomic E-state index is 5.67. The number of nitrogens with one attached hydrogen (secondary N) is 1. The zero-order valence-electron chi connectivity index (χ0n) is 11.2. The molecule has 0 bridgehead atoms. The summed E-state index contributed by atoms with van der Waals surface area (Å²) in [6.45, 7) is 7.15. The molecule has 0 saturated carbocycles. The molecule has 2 aromatic rings. The molecule has 2 heterocycles. The third-order valence-corrected chi connectivity index (χ3v) is 4.26. The molecule has 0 aliphatic heterocycles. The van der Waals surface area contributed by atoms with Crippen molar-refractivity contribution in [2.45, 2.75) is 46.2 Å². The molecule has 0 aromatic carbocycles. The van der Waals surface area contributed by atoms with Crippen LogP contribution in [0.25, 0.3) is 0 Å². The molecule has 1 atom stereocenters. The van der Waals surface area contributed by atoms with Gasteiger partial charge in [0.15, 0.2) is 0 Å². The normalized spacial score (nSPS) is 12.8. The van der Waals surface area contributed by atoms with Crippen molar-refractivity contribution < 1.29 is 4.42 Å². The Kier molecular flexibility index (Phi) is 4.55. The number of thiazole rings is 1. The molecule has 0 aliphatic rings. The first kappa shape index (κ1) is 13.3. The highest BCUT2D eigenvalue weighted by Crippen LogP contribution is 2.20. The Bertz CT molecular complexity index is 489. The minimum Gasteiger partial charge on any atom is -0.465 e. The molecule has 2 aromatic heterocycles. The Balaban J connectivity index is 1.89. The van der Waals surface area contributed by atoms with Gasteiger partial charge in [-0.15, -0.1) is 11.3 Å². The monoisotopic (exact) mass is 264 g/mol. The zero-order valence-corrected chi connectivity index (χ0v) is 12.0. The average molecular weight is 264 g/mol. The third kappa shape index (κ3) is 3.21. The molecule has 3 nitrogen and oxygen atoms in total. The number of rotatable bonds is 6. The van der Waals surface area contributed by atoms with E-state index >= 15 is 0 Å². The highest BCUT2D eigenvalue weighted by molar-refractivity contribution is 7.11. The van der Waals surface area contributed by atoms with E-state index in [2.05, 4.69) is 31.1 Å². The van der Waals surface area contributed by atoms with E-state index in [0.717, 1.165) is 35.9 Å². The van der Waals surface area contributed by atoms with Gasteiger partial charge < -0.3 is 9.73 Å². The first-order chi connectivity index (χ1) is 8.72. The maximum Gasteiger partial charge on any atom is 0.117 e. The van der Waals surface area contributed by atoms with E-state index in [4.69, 9.17) is 4.42 Å². The number of furan rings is 1. The lowest BCUT2D eigenvalue weighted by molar-refractivity contribution is 0.435. The van der Waals surface area contributed by atoms with Crippen molar-refractivity contribution >= 4 is 11.3 Å². The summed E-state index contributed by atoms with van der Waals surface area (Å²) in [5.74, 6) is 2.04. The summed E-state index contributed by atoms with van der Waals surface area (Å²) in [5.41, 5.74) is 0. The Morgan fingerprint density at radius 2 is 2.06 bits per heavy atom. The van der Waals surface area contributed by atoms with Crippen molar-refractivity contribution in [3.8, 4) is 0 Å².